The third-order valence-electron chi connectivity index (χ3n) is 4.71. The van der Waals surface area contributed by atoms with E-state index in [2.05, 4.69) is 36.2 Å². The first-order chi connectivity index (χ1) is 8.24. The molecule has 0 spiro atoms. The highest BCUT2D eigenvalue weighted by Crippen LogP contribution is 2.50. The molecule has 2 fully saturated rings. The molecule has 17 heavy (non-hydrogen) atoms. The first kappa shape index (κ1) is 11.1. The Morgan fingerprint density at radius 1 is 1.29 bits per heavy atom. The van der Waals surface area contributed by atoms with E-state index in [4.69, 9.17) is 4.74 Å². The number of rotatable bonds is 2. The Morgan fingerprint density at radius 2 is 2.06 bits per heavy atom. The molecular formula is C15H21NO. The number of hydrogen-bond donors (Lipinski definition) is 0. The molecule has 1 saturated heterocycles. The molecule has 1 heterocycles. The van der Waals surface area contributed by atoms with Gasteiger partial charge in [-0.25, -0.2) is 0 Å². The van der Waals surface area contributed by atoms with Gasteiger partial charge in [0.25, 0.3) is 0 Å². The smallest absolute Gasteiger partial charge is 0.118 e. The van der Waals surface area contributed by atoms with E-state index >= 15 is 0 Å². The zero-order valence-corrected chi connectivity index (χ0v) is 10.8. The van der Waals surface area contributed by atoms with Crippen LogP contribution in [0.15, 0.2) is 24.3 Å². The van der Waals surface area contributed by atoms with Crippen molar-refractivity contribution < 1.29 is 4.74 Å². The summed E-state index contributed by atoms with van der Waals surface area (Å²) in [6, 6.07) is 8.77. The first-order valence-electron chi connectivity index (χ1n) is 6.58. The molecule has 3 rings (SSSR count). The Kier molecular flexibility index (Phi) is 2.62. The summed E-state index contributed by atoms with van der Waals surface area (Å²) >= 11 is 0. The van der Waals surface area contributed by atoms with E-state index in [1.165, 1.54) is 37.9 Å². The van der Waals surface area contributed by atoms with E-state index in [1.54, 1.807) is 7.11 Å². The molecule has 2 heteroatoms. The summed E-state index contributed by atoms with van der Waals surface area (Å²) in [5.74, 6) is 1.83. The summed E-state index contributed by atoms with van der Waals surface area (Å²) in [4.78, 5) is 2.49. The highest BCUT2D eigenvalue weighted by atomic mass is 16.5. The molecule has 0 unspecified atom stereocenters. The molecule has 1 saturated carbocycles. The van der Waals surface area contributed by atoms with Crippen LogP contribution in [0.25, 0.3) is 0 Å². The minimum atomic E-state index is 0.432. The van der Waals surface area contributed by atoms with Crippen molar-refractivity contribution in [3.05, 3.63) is 29.8 Å². The second kappa shape index (κ2) is 4.02. The molecule has 92 valence electrons. The Hall–Kier alpha value is -1.02. The maximum absolute atomic E-state index is 5.25. The highest BCUT2D eigenvalue weighted by Gasteiger charge is 2.49. The Labute approximate surface area is 104 Å². The molecule has 0 bridgehead atoms. The number of methoxy groups -OCH3 is 1. The molecule has 1 aromatic carbocycles. The van der Waals surface area contributed by atoms with E-state index in [0.717, 1.165) is 11.7 Å². The molecule has 2 aliphatic rings. The van der Waals surface area contributed by atoms with Gasteiger partial charge in [-0.05, 0) is 43.5 Å². The lowest BCUT2D eigenvalue weighted by Crippen LogP contribution is -2.30. The lowest BCUT2D eigenvalue weighted by molar-refractivity contribution is 0.359. The predicted octanol–water partition coefficient (Wildman–Crippen LogP) is 2.68. The van der Waals surface area contributed by atoms with Crippen molar-refractivity contribution in [3.8, 4) is 5.75 Å². The molecule has 0 N–H and O–H groups in total. The number of likely N-dealkylation sites (N-methyl/N-ethyl adjacent to an activating group) is 1. The minimum absolute atomic E-state index is 0.432. The van der Waals surface area contributed by atoms with Gasteiger partial charge in [0.1, 0.15) is 5.75 Å². The molecule has 1 aliphatic heterocycles. The largest absolute Gasteiger partial charge is 0.497 e. The summed E-state index contributed by atoms with van der Waals surface area (Å²) in [5, 5.41) is 0. The fourth-order valence-electron chi connectivity index (χ4n) is 3.94. The standard InChI is InChI=1S/C15H21NO/c1-16-10-13-4-3-9-15(13,11-16)12-5-7-14(17-2)8-6-12/h5-8,13H,3-4,9-11H2,1-2H3/t13-,15+/m0/s1. The average molecular weight is 231 g/mol. The fourth-order valence-corrected chi connectivity index (χ4v) is 3.94. The van der Waals surface area contributed by atoms with E-state index in [1.807, 2.05) is 0 Å². The second-order valence-electron chi connectivity index (χ2n) is 5.67. The van der Waals surface area contributed by atoms with E-state index in [0.29, 0.717) is 5.41 Å². The number of nitrogens with zero attached hydrogens (tertiary/aromatic N) is 1. The van der Waals surface area contributed by atoms with Crippen LogP contribution in [0, 0.1) is 5.92 Å². The molecule has 2 atom stereocenters. The SMILES string of the molecule is COc1ccc([C@]23CCC[C@H]2CN(C)C3)cc1. The number of likely N-dealkylation sites (tertiary alicyclic amines) is 1. The number of fused-ring (bicyclic) bond motifs is 1. The number of hydrogen-bond acceptors (Lipinski definition) is 2. The van der Waals surface area contributed by atoms with Crippen LogP contribution >= 0.6 is 0 Å². The highest BCUT2D eigenvalue weighted by molar-refractivity contribution is 5.35. The monoisotopic (exact) mass is 231 g/mol. The van der Waals surface area contributed by atoms with Gasteiger partial charge >= 0.3 is 0 Å². The maximum Gasteiger partial charge on any atom is 0.118 e. The summed E-state index contributed by atoms with van der Waals surface area (Å²) in [5.41, 5.74) is 1.95. The van der Waals surface area contributed by atoms with Crippen molar-refractivity contribution in [3.63, 3.8) is 0 Å². The zero-order valence-electron chi connectivity index (χ0n) is 10.8. The number of ether oxygens (including phenoxy) is 1. The third kappa shape index (κ3) is 1.66. The van der Waals surface area contributed by atoms with Gasteiger partial charge in [0.15, 0.2) is 0 Å². The van der Waals surface area contributed by atoms with Crippen LogP contribution in [0.1, 0.15) is 24.8 Å². The lowest BCUT2D eigenvalue weighted by atomic mass is 9.74. The maximum atomic E-state index is 5.25. The van der Waals surface area contributed by atoms with Crippen molar-refractivity contribution in [2.75, 3.05) is 27.2 Å². The van der Waals surface area contributed by atoms with Crippen molar-refractivity contribution in [2.24, 2.45) is 5.92 Å². The topological polar surface area (TPSA) is 12.5 Å². The van der Waals surface area contributed by atoms with Crippen molar-refractivity contribution in [1.82, 2.24) is 4.90 Å². The van der Waals surface area contributed by atoms with Crippen LogP contribution in [0.3, 0.4) is 0 Å². The van der Waals surface area contributed by atoms with Gasteiger partial charge in [-0.2, -0.15) is 0 Å². The summed E-state index contributed by atoms with van der Waals surface area (Å²) in [7, 11) is 3.98. The average Bonchev–Trinajstić information content (AvgIpc) is 2.86. The van der Waals surface area contributed by atoms with Crippen LogP contribution in [0.4, 0.5) is 0 Å². The summed E-state index contributed by atoms with van der Waals surface area (Å²) in [6.07, 6.45) is 4.15. The van der Waals surface area contributed by atoms with Crippen LogP contribution in [0.2, 0.25) is 0 Å². The predicted molar refractivity (Wildman–Crippen MR) is 69.5 cm³/mol. The van der Waals surface area contributed by atoms with Crippen molar-refractivity contribution in [1.29, 1.82) is 0 Å². The molecule has 2 nitrogen and oxygen atoms in total. The normalized spacial score (nSPS) is 32.7. The van der Waals surface area contributed by atoms with Gasteiger partial charge in [0, 0.05) is 18.5 Å². The Morgan fingerprint density at radius 3 is 2.76 bits per heavy atom. The van der Waals surface area contributed by atoms with E-state index in [-0.39, 0.29) is 0 Å². The fraction of sp³-hybridized carbons (Fsp3) is 0.600. The molecule has 0 radical (unpaired) electrons. The Bertz CT molecular complexity index is 400. The van der Waals surface area contributed by atoms with Gasteiger partial charge in [-0.1, -0.05) is 18.6 Å². The van der Waals surface area contributed by atoms with Gasteiger partial charge < -0.3 is 9.64 Å². The molecule has 0 amide bonds. The minimum Gasteiger partial charge on any atom is -0.497 e. The van der Waals surface area contributed by atoms with Gasteiger partial charge in [-0.3, -0.25) is 0 Å². The van der Waals surface area contributed by atoms with Crippen LogP contribution < -0.4 is 4.74 Å². The van der Waals surface area contributed by atoms with Gasteiger partial charge in [-0.15, -0.1) is 0 Å². The lowest BCUT2D eigenvalue weighted by Gasteiger charge is -2.29. The molecule has 1 aromatic rings. The van der Waals surface area contributed by atoms with Crippen LogP contribution in [0.5, 0.6) is 5.75 Å². The summed E-state index contributed by atoms with van der Waals surface area (Å²) < 4.78 is 5.25. The number of benzene rings is 1. The van der Waals surface area contributed by atoms with Gasteiger partial charge in [0.2, 0.25) is 0 Å². The van der Waals surface area contributed by atoms with E-state index < -0.39 is 0 Å². The van der Waals surface area contributed by atoms with Gasteiger partial charge in [0.05, 0.1) is 7.11 Å². The molecule has 0 aromatic heterocycles. The molecule has 1 aliphatic carbocycles. The second-order valence-corrected chi connectivity index (χ2v) is 5.67. The van der Waals surface area contributed by atoms with Crippen molar-refractivity contribution >= 4 is 0 Å². The zero-order chi connectivity index (χ0) is 11.9. The van der Waals surface area contributed by atoms with Crippen molar-refractivity contribution in [2.45, 2.75) is 24.7 Å². The first-order valence-corrected chi connectivity index (χ1v) is 6.58. The van der Waals surface area contributed by atoms with E-state index in [9.17, 15) is 0 Å². The third-order valence-corrected chi connectivity index (χ3v) is 4.71. The Balaban J connectivity index is 1.95. The van der Waals surface area contributed by atoms with Crippen LogP contribution in [-0.2, 0) is 5.41 Å². The van der Waals surface area contributed by atoms with Crippen LogP contribution in [-0.4, -0.2) is 32.1 Å². The quantitative estimate of drug-likeness (QED) is 0.776. The molecular weight excluding hydrogens is 210 g/mol. The summed E-state index contributed by atoms with van der Waals surface area (Å²) in [6.45, 7) is 2.50.